The first-order valence-corrected chi connectivity index (χ1v) is 7.45. The van der Waals surface area contributed by atoms with E-state index in [9.17, 15) is 9.59 Å². The molecule has 1 aromatic rings. The van der Waals surface area contributed by atoms with Crippen LogP contribution < -0.4 is 15.4 Å². The summed E-state index contributed by atoms with van der Waals surface area (Å²) in [6.45, 7) is 8.70. The van der Waals surface area contributed by atoms with E-state index in [0.29, 0.717) is 25.6 Å². The predicted molar refractivity (Wildman–Crippen MR) is 84.3 cm³/mol. The molecular formula is C16H25N3O3. The summed E-state index contributed by atoms with van der Waals surface area (Å²) in [6.07, 6.45) is 1.90. The molecule has 0 aliphatic rings. The first kappa shape index (κ1) is 17.9. The van der Waals surface area contributed by atoms with E-state index < -0.39 is 5.41 Å². The quantitative estimate of drug-likeness (QED) is 0.802. The zero-order chi connectivity index (χ0) is 16.6. The van der Waals surface area contributed by atoms with Gasteiger partial charge in [0.1, 0.15) is 0 Å². The van der Waals surface area contributed by atoms with Crippen LogP contribution in [0.2, 0.25) is 0 Å². The minimum absolute atomic E-state index is 0.0595. The van der Waals surface area contributed by atoms with E-state index >= 15 is 0 Å². The van der Waals surface area contributed by atoms with Gasteiger partial charge in [0.25, 0.3) is 0 Å². The van der Waals surface area contributed by atoms with E-state index in [1.807, 2.05) is 33.8 Å². The van der Waals surface area contributed by atoms with Crippen molar-refractivity contribution in [2.24, 2.45) is 5.41 Å². The van der Waals surface area contributed by atoms with E-state index in [0.717, 1.165) is 5.56 Å². The van der Waals surface area contributed by atoms with Crippen LogP contribution in [0.25, 0.3) is 0 Å². The van der Waals surface area contributed by atoms with Gasteiger partial charge in [-0.15, -0.1) is 0 Å². The lowest BCUT2D eigenvalue weighted by atomic mass is 9.96. The molecule has 0 unspecified atom stereocenters. The average Bonchev–Trinajstić information content (AvgIpc) is 2.45. The van der Waals surface area contributed by atoms with Crippen LogP contribution in [0.3, 0.4) is 0 Å². The lowest BCUT2D eigenvalue weighted by molar-refractivity contribution is -0.128. The largest absolute Gasteiger partial charge is 0.478 e. The second kappa shape index (κ2) is 8.36. The smallest absolute Gasteiger partial charge is 0.225 e. The van der Waals surface area contributed by atoms with Gasteiger partial charge in [-0.3, -0.25) is 9.59 Å². The zero-order valence-electron chi connectivity index (χ0n) is 13.7. The maximum absolute atomic E-state index is 11.7. The first-order chi connectivity index (χ1) is 10.3. The Morgan fingerprint density at radius 2 is 2.00 bits per heavy atom. The fourth-order valence-corrected chi connectivity index (χ4v) is 1.63. The third kappa shape index (κ3) is 6.56. The van der Waals surface area contributed by atoms with Gasteiger partial charge in [0.2, 0.25) is 17.7 Å². The number of aromatic nitrogens is 1. The summed E-state index contributed by atoms with van der Waals surface area (Å²) in [5, 5.41) is 5.55. The number of amides is 2. The Balaban J connectivity index is 2.31. The molecule has 0 bridgehead atoms. The first-order valence-electron chi connectivity index (χ1n) is 7.45. The summed E-state index contributed by atoms with van der Waals surface area (Å²) in [5.74, 6) is 0.381. The molecule has 1 heterocycles. The van der Waals surface area contributed by atoms with Crippen LogP contribution in [0, 0.1) is 5.41 Å². The molecule has 0 saturated carbocycles. The van der Waals surface area contributed by atoms with Gasteiger partial charge in [-0.2, -0.15) is 0 Å². The molecular weight excluding hydrogens is 282 g/mol. The summed E-state index contributed by atoms with van der Waals surface area (Å²) < 4.78 is 5.31. The Bertz CT molecular complexity index is 510. The Morgan fingerprint density at radius 3 is 2.64 bits per heavy atom. The van der Waals surface area contributed by atoms with Gasteiger partial charge in [-0.1, -0.05) is 20.8 Å². The predicted octanol–water partition coefficient (Wildman–Crippen LogP) is 1.65. The Morgan fingerprint density at radius 1 is 1.27 bits per heavy atom. The van der Waals surface area contributed by atoms with Crippen molar-refractivity contribution < 1.29 is 14.3 Å². The fraction of sp³-hybridized carbons (Fsp3) is 0.562. The number of pyridine rings is 1. The Hall–Kier alpha value is -2.11. The van der Waals surface area contributed by atoms with Gasteiger partial charge in [0.15, 0.2) is 0 Å². The zero-order valence-corrected chi connectivity index (χ0v) is 13.7. The van der Waals surface area contributed by atoms with Gasteiger partial charge < -0.3 is 15.4 Å². The highest BCUT2D eigenvalue weighted by Crippen LogP contribution is 2.12. The molecule has 0 atom stereocenters. The third-order valence-electron chi connectivity index (χ3n) is 2.90. The van der Waals surface area contributed by atoms with Crippen molar-refractivity contribution in [3.8, 4) is 5.88 Å². The molecule has 0 spiro atoms. The highest BCUT2D eigenvalue weighted by atomic mass is 16.5. The maximum atomic E-state index is 11.7. The number of hydrogen-bond donors (Lipinski definition) is 2. The molecule has 0 fully saturated rings. The minimum Gasteiger partial charge on any atom is -0.478 e. The van der Waals surface area contributed by atoms with E-state index in [4.69, 9.17) is 4.74 Å². The average molecular weight is 307 g/mol. The minimum atomic E-state index is -0.441. The molecule has 1 aromatic heterocycles. The summed E-state index contributed by atoms with van der Waals surface area (Å²) in [4.78, 5) is 27.5. The molecule has 1 rings (SSSR count). The van der Waals surface area contributed by atoms with E-state index in [1.54, 1.807) is 12.3 Å². The van der Waals surface area contributed by atoms with Crippen LogP contribution in [0.5, 0.6) is 5.88 Å². The van der Waals surface area contributed by atoms with Crippen molar-refractivity contribution in [1.82, 2.24) is 15.6 Å². The molecule has 0 aliphatic carbocycles. The van der Waals surface area contributed by atoms with Crippen molar-refractivity contribution >= 4 is 11.8 Å². The van der Waals surface area contributed by atoms with Crippen LogP contribution in [0.1, 0.15) is 39.7 Å². The van der Waals surface area contributed by atoms with E-state index in [2.05, 4.69) is 15.6 Å². The van der Waals surface area contributed by atoms with Crippen LogP contribution in [0.4, 0.5) is 0 Å². The number of rotatable bonds is 7. The maximum Gasteiger partial charge on any atom is 0.225 e. The summed E-state index contributed by atoms with van der Waals surface area (Å²) >= 11 is 0. The van der Waals surface area contributed by atoms with Gasteiger partial charge in [0.05, 0.1) is 6.61 Å². The van der Waals surface area contributed by atoms with Crippen LogP contribution in [0.15, 0.2) is 18.3 Å². The highest BCUT2D eigenvalue weighted by molar-refractivity contribution is 5.82. The number of ether oxygens (including phenoxy) is 1. The second-order valence-electron chi connectivity index (χ2n) is 5.97. The second-order valence-corrected chi connectivity index (χ2v) is 5.97. The van der Waals surface area contributed by atoms with Gasteiger partial charge in [0, 0.05) is 37.2 Å². The molecule has 0 aromatic carbocycles. The van der Waals surface area contributed by atoms with Crippen LogP contribution in [-0.4, -0.2) is 29.9 Å². The number of carbonyl (C=O) groups excluding carboxylic acids is 2. The summed E-state index contributed by atoms with van der Waals surface area (Å²) in [7, 11) is 0. The molecule has 6 heteroatoms. The van der Waals surface area contributed by atoms with Crippen LogP contribution >= 0.6 is 0 Å². The molecule has 2 amide bonds. The summed E-state index contributed by atoms with van der Waals surface area (Å²) in [5.41, 5.74) is 0.481. The lowest BCUT2D eigenvalue weighted by Gasteiger charge is -2.17. The van der Waals surface area contributed by atoms with Crippen LogP contribution in [-0.2, 0) is 16.1 Å². The van der Waals surface area contributed by atoms with Gasteiger partial charge >= 0.3 is 0 Å². The van der Waals surface area contributed by atoms with Crippen molar-refractivity contribution in [1.29, 1.82) is 0 Å². The third-order valence-corrected chi connectivity index (χ3v) is 2.90. The molecule has 0 aliphatic heterocycles. The highest BCUT2D eigenvalue weighted by Gasteiger charge is 2.20. The van der Waals surface area contributed by atoms with Crippen molar-refractivity contribution in [3.05, 3.63) is 23.9 Å². The molecule has 2 N–H and O–H groups in total. The van der Waals surface area contributed by atoms with E-state index in [1.165, 1.54) is 0 Å². The van der Waals surface area contributed by atoms with E-state index in [-0.39, 0.29) is 18.2 Å². The number of nitrogens with zero attached hydrogens (tertiary/aromatic N) is 1. The Kier molecular flexibility index (Phi) is 6.82. The number of carbonyl (C=O) groups is 2. The monoisotopic (exact) mass is 307 g/mol. The number of nitrogens with one attached hydrogen (secondary N) is 2. The normalized spacial score (nSPS) is 10.9. The van der Waals surface area contributed by atoms with Gasteiger partial charge in [-0.05, 0) is 18.6 Å². The molecule has 0 saturated heterocycles. The van der Waals surface area contributed by atoms with Crippen molar-refractivity contribution in [2.45, 2.75) is 40.7 Å². The number of hydrogen-bond acceptors (Lipinski definition) is 4. The van der Waals surface area contributed by atoms with Crippen molar-refractivity contribution in [3.63, 3.8) is 0 Å². The standard InChI is InChI=1S/C16H25N3O3/c1-5-22-14-10-12(6-8-17-14)11-19-13(20)7-9-18-15(21)16(2,3)4/h6,8,10H,5,7,9,11H2,1-4H3,(H,18,21)(H,19,20). The summed E-state index contributed by atoms with van der Waals surface area (Å²) in [6, 6.07) is 3.62. The molecule has 6 nitrogen and oxygen atoms in total. The SMILES string of the molecule is CCOc1cc(CNC(=O)CCNC(=O)C(C)(C)C)ccn1. The molecule has 122 valence electrons. The van der Waals surface area contributed by atoms with Crippen molar-refractivity contribution in [2.75, 3.05) is 13.2 Å². The molecule has 0 radical (unpaired) electrons. The fourth-order valence-electron chi connectivity index (χ4n) is 1.63. The topological polar surface area (TPSA) is 80.3 Å². The Labute approximate surface area is 131 Å². The molecule has 22 heavy (non-hydrogen) atoms. The lowest BCUT2D eigenvalue weighted by Crippen LogP contribution is -2.37. The van der Waals surface area contributed by atoms with Gasteiger partial charge in [-0.25, -0.2) is 4.98 Å².